The van der Waals surface area contributed by atoms with E-state index in [0.717, 1.165) is 11.6 Å². The van der Waals surface area contributed by atoms with Crippen LogP contribution < -0.4 is 5.32 Å². The summed E-state index contributed by atoms with van der Waals surface area (Å²) in [5, 5.41) is 12.1. The fraction of sp³-hybridized carbons (Fsp3) is 0.188. The molecule has 0 amide bonds. The molecule has 0 atom stereocenters. The molecular weight excluding hydrogens is 276 g/mol. The van der Waals surface area contributed by atoms with E-state index < -0.39 is 11.8 Å². The van der Waals surface area contributed by atoms with Crippen LogP contribution in [-0.4, -0.2) is 11.1 Å². The van der Waals surface area contributed by atoms with Crippen molar-refractivity contribution < 1.29 is 18.7 Å². The first-order valence-electron chi connectivity index (χ1n) is 6.48. The lowest BCUT2D eigenvalue weighted by Gasteiger charge is -2.16. The highest BCUT2D eigenvalue weighted by Crippen LogP contribution is 2.29. The molecule has 0 spiro atoms. The van der Waals surface area contributed by atoms with Crippen LogP contribution >= 0.6 is 0 Å². The second-order valence-electron chi connectivity index (χ2n) is 5.01. The van der Waals surface area contributed by atoms with E-state index in [4.69, 9.17) is 5.11 Å². The van der Waals surface area contributed by atoms with Crippen LogP contribution in [0.4, 0.5) is 20.2 Å². The van der Waals surface area contributed by atoms with Crippen molar-refractivity contribution >= 4 is 17.3 Å². The molecule has 0 unspecified atom stereocenters. The number of carboxylic acid groups (broad SMARTS) is 1. The first kappa shape index (κ1) is 15.0. The number of benzene rings is 2. The third-order valence-corrected chi connectivity index (χ3v) is 3.12. The van der Waals surface area contributed by atoms with Gasteiger partial charge in [0.1, 0.15) is 11.6 Å². The summed E-state index contributed by atoms with van der Waals surface area (Å²) in [6.07, 6.45) is 0. The third-order valence-electron chi connectivity index (χ3n) is 3.12. The van der Waals surface area contributed by atoms with E-state index in [1.54, 1.807) is 6.07 Å². The van der Waals surface area contributed by atoms with Crippen LogP contribution in [0.15, 0.2) is 36.4 Å². The van der Waals surface area contributed by atoms with Crippen LogP contribution in [0, 0.1) is 11.6 Å². The van der Waals surface area contributed by atoms with E-state index in [1.807, 2.05) is 13.8 Å². The molecule has 0 fully saturated rings. The predicted octanol–water partition coefficient (Wildman–Crippen LogP) is 4.53. The second-order valence-corrected chi connectivity index (χ2v) is 5.01. The Labute approximate surface area is 121 Å². The van der Waals surface area contributed by atoms with Gasteiger partial charge in [0.25, 0.3) is 0 Å². The maximum atomic E-state index is 13.3. The van der Waals surface area contributed by atoms with Crippen molar-refractivity contribution in [1.82, 2.24) is 0 Å². The minimum absolute atomic E-state index is 0.0527. The van der Waals surface area contributed by atoms with Crippen molar-refractivity contribution in [1.29, 1.82) is 0 Å². The number of hydrogen-bond donors (Lipinski definition) is 2. The molecule has 3 nitrogen and oxygen atoms in total. The van der Waals surface area contributed by atoms with Gasteiger partial charge in [-0.05, 0) is 47.9 Å². The number of rotatable bonds is 4. The molecule has 0 aromatic heterocycles. The summed E-state index contributed by atoms with van der Waals surface area (Å²) in [5.41, 5.74) is 1.41. The van der Waals surface area contributed by atoms with Crippen molar-refractivity contribution in [2.75, 3.05) is 5.32 Å². The monoisotopic (exact) mass is 291 g/mol. The molecule has 0 heterocycles. The van der Waals surface area contributed by atoms with E-state index in [1.165, 1.54) is 24.3 Å². The Morgan fingerprint density at radius 2 is 1.62 bits per heavy atom. The molecule has 0 saturated carbocycles. The lowest BCUT2D eigenvalue weighted by molar-refractivity contribution is 0.0697. The molecule has 2 rings (SSSR count). The Morgan fingerprint density at radius 3 is 2.19 bits per heavy atom. The lowest BCUT2D eigenvalue weighted by Crippen LogP contribution is -2.05. The maximum absolute atomic E-state index is 13.3. The fourth-order valence-corrected chi connectivity index (χ4v) is 2.07. The summed E-state index contributed by atoms with van der Waals surface area (Å²) in [5.74, 6) is -2.16. The largest absolute Gasteiger partial charge is 0.478 e. The van der Waals surface area contributed by atoms with Crippen LogP contribution in [0.1, 0.15) is 35.7 Å². The van der Waals surface area contributed by atoms with E-state index >= 15 is 0 Å². The van der Waals surface area contributed by atoms with Crippen LogP contribution in [0.3, 0.4) is 0 Å². The predicted molar refractivity (Wildman–Crippen MR) is 77.1 cm³/mol. The molecule has 0 aliphatic rings. The Kier molecular flexibility index (Phi) is 4.21. The van der Waals surface area contributed by atoms with E-state index in [2.05, 4.69) is 5.32 Å². The average molecular weight is 291 g/mol. The van der Waals surface area contributed by atoms with Crippen LogP contribution in [0.5, 0.6) is 0 Å². The summed E-state index contributed by atoms with van der Waals surface area (Å²) >= 11 is 0. The molecule has 0 aliphatic carbocycles. The van der Waals surface area contributed by atoms with E-state index in [-0.39, 0.29) is 23.0 Å². The quantitative estimate of drug-likeness (QED) is 0.870. The molecule has 0 bridgehead atoms. The van der Waals surface area contributed by atoms with Crippen molar-refractivity contribution in [3.63, 3.8) is 0 Å². The van der Waals surface area contributed by atoms with Gasteiger partial charge in [0.2, 0.25) is 0 Å². The minimum atomic E-state index is -1.23. The van der Waals surface area contributed by atoms with Crippen molar-refractivity contribution in [2.45, 2.75) is 19.8 Å². The molecular formula is C16H15F2NO2. The Morgan fingerprint density at radius 1 is 1.05 bits per heavy atom. The number of nitrogens with one attached hydrogen (secondary N) is 1. The maximum Gasteiger partial charge on any atom is 0.337 e. The molecule has 0 aliphatic heterocycles. The van der Waals surface area contributed by atoms with Gasteiger partial charge in [-0.1, -0.05) is 13.8 Å². The fourth-order valence-electron chi connectivity index (χ4n) is 2.07. The summed E-state index contributed by atoms with van der Waals surface area (Å²) in [4.78, 5) is 11.2. The van der Waals surface area contributed by atoms with Crippen molar-refractivity contribution in [3.05, 3.63) is 59.2 Å². The number of carboxylic acids is 1. The zero-order valence-electron chi connectivity index (χ0n) is 11.7. The van der Waals surface area contributed by atoms with Gasteiger partial charge in [-0.25, -0.2) is 13.6 Å². The van der Waals surface area contributed by atoms with Gasteiger partial charge in [-0.3, -0.25) is 0 Å². The molecule has 2 aromatic rings. The summed E-state index contributed by atoms with van der Waals surface area (Å²) < 4.78 is 26.5. The van der Waals surface area contributed by atoms with Gasteiger partial charge in [0.15, 0.2) is 0 Å². The topological polar surface area (TPSA) is 49.3 Å². The molecule has 2 N–H and O–H groups in total. The van der Waals surface area contributed by atoms with Crippen LogP contribution in [-0.2, 0) is 0 Å². The minimum Gasteiger partial charge on any atom is -0.478 e. The van der Waals surface area contributed by atoms with E-state index in [0.29, 0.717) is 5.69 Å². The number of halogens is 2. The van der Waals surface area contributed by atoms with Crippen molar-refractivity contribution in [3.8, 4) is 0 Å². The van der Waals surface area contributed by atoms with Crippen molar-refractivity contribution in [2.24, 2.45) is 0 Å². The molecule has 110 valence electrons. The molecule has 2 aromatic carbocycles. The zero-order chi connectivity index (χ0) is 15.6. The van der Waals surface area contributed by atoms with E-state index in [9.17, 15) is 13.6 Å². The highest BCUT2D eigenvalue weighted by molar-refractivity contribution is 5.95. The number of aromatic carboxylic acids is 1. The number of carbonyl (C=O) groups is 1. The Hall–Kier alpha value is -2.43. The smallest absolute Gasteiger partial charge is 0.337 e. The van der Waals surface area contributed by atoms with Gasteiger partial charge in [0.05, 0.1) is 11.3 Å². The Balaban J connectivity index is 2.46. The molecule has 0 radical (unpaired) electrons. The standard InChI is InChI=1S/C16H15F2NO2/c1-9(2)12-7-10(17)3-5-14(12)19-15-6-4-11(18)8-13(15)16(20)21/h3-9,19H,1-2H3,(H,20,21). The van der Waals surface area contributed by atoms with Crippen LogP contribution in [0.25, 0.3) is 0 Å². The first-order chi connectivity index (χ1) is 9.88. The SMILES string of the molecule is CC(C)c1cc(F)ccc1Nc1ccc(F)cc1C(=O)O. The van der Waals surface area contributed by atoms with Gasteiger partial charge in [-0.2, -0.15) is 0 Å². The molecule has 21 heavy (non-hydrogen) atoms. The van der Waals surface area contributed by atoms with Gasteiger partial charge in [0, 0.05) is 5.69 Å². The van der Waals surface area contributed by atoms with Gasteiger partial charge in [-0.15, -0.1) is 0 Å². The number of anilines is 2. The lowest BCUT2D eigenvalue weighted by atomic mass is 10.0. The second kappa shape index (κ2) is 5.91. The third kappa shape index (κ3) is 3.37. The summed E-state index contributed by atoms with van der Waals surface area (Å²) in [6.45, 7) is 3.81. The van der Waals surface area contributed by atoms with Crippen LogP contribution in [0.2, 0.25) is 0 Å². The first-order valence-corrected chi connectivity index (χ1v) is 6.48. The summed E-state index contributed by atoms with van der Waals surface area (Å²) in [7, 11) is 0. The molecule has 0 saturated heterocycles. The Bertz CT molecular complexity index is 684. The van der Waals surface area contributed by atoms with Gasteiger partial charge >= 0.3 is 5.97 Å². The average Bonchev–Trinajstić information content (AvgIpc) is 2.42. The van der Waals surface area contributed by atoms with Gasteiger partial charge < -0.3 is 10.4 Å². The summed E-state index contributed by atoms with van der Waals surface area (Å²) in [6, 6.07) is 7.71. The zero-order valence-corrected chi connectivity index (χ0v) is 11.7. The highest BCUT2D eigenvalue weighted by atomic mass is 19.1. The number of hydrogen-bond acceptors (Lipinski definition) is 2. The highest BCUT2D eigenvalue weighted by Gasteiger charge is 2.14. The normalized spacial score (nSPS) is 10.7. The molecule has 5 heteroatoms.